The van der Waals surface area contributed by atoms with Crippen LogP contribution in [0.25, 0.3) is 11.0 Å². The Hall–Kier alpha value is -1.61. The Kier molecular flexibility index (Phi) is 2.09. The van der Waals surface area contributed by atoms with E-state index in [1.54, 1.807) is 25.1 Å². The molecule has 1 N–H and O–H groups in total. The summed E-state index contributed by atoms with van der Waals surface area (Å²) in [5, 5.41) is 9.57. The Morgan fingerprint density at radius 1 is 1.43 bits per heavy atom. The summed E-state index contributed by atoms with van der Waals surface area (Å²) in [7, 11) is 0. The fraction of sp³-hybridized carbons (Fsp3) is 0.182. The summed E-state index contributed by atoms with van der Waals surface area (Å²) < 4.78 is 5.40. The van der Waals surface area contributed by atoms with Crippen LogP contribution in [0.3, 0.4) is 0 Å². The lowest BCUT2D eigenvalue weighted by molar-refractivity contribution is 0.281. The number of fused-ring (bicyclic) bond motifs is 1. The van der Waals surface area contributed by atoms with Crippen molar-refractivity contribution >= 4 is 11.0 Å². The predicted molar refractivity (Wildman–Crippen MR) is 53.1 cm³/mol. The Balaban J connectivity index is 2.94. The highest BCUT2D eigenvalue weighted by molar-refractivity contribution is 5.79. The topological polar surface area (TPSA) is 50.4 Å². The molecule has 0 aliphatic carbocycles. The minimum absolute atomic E-state index is 0.0703. The van der Waals surface area contributed by atoms with E-state index in [2.05, 4.69) is 0 Å². The zero-order valence-electron chi connectivity index (χ0n) is 7.78. The average molecular weight is 190 g/mol. The van der Waals surface area contributed by atoms with Gasteiger partial charge in [0.2, 0.25) is 0 Å². The van der Waals surface area contributed by atoms with Gasteiger partial charge in [0.15, 0.2) is 5.43 Å². The van der Waals surface area contributed by atoms with E-state index < -0.39 is 0 Å². The van der Waals surface area contributed by atoms with Crippen molar-refractivity contribution in [3.63, 3.8) is 0 Å². The Bertz CT molecular complexity index is 526. The number of aliphatic hydroxyl groups is 1. The minimum atomic E-state index is -0.121. The summed E-state index contributed by atoms with van der Waals surface area (Å²) in [6.45, 7) is 1.60. The van der Waals surface area contributed by atoms with Gasteiger partial charge in [-0.15, -0.1) is 0 Å². The largest absolute Gasteiger partial charge is 0.461 e. The standard InChI is InChI=1S/C11H10O3/c1-7-5-10(13)9-4-2-3-8(6-12)11(9)14-7/h2-5,12H,6H2,1H3. The van der Waals surface area contributed by atoms with Crippen LogP contribution < -0.4 is 5.43 Å². The van der Waals surface area contributed by atoms with Gasteiger partial charge < -0.3 is 9.52 Å². The molecule has 72 valence electrons. The number of rotatable bonds is 1. The van der Waals surface area contributed by atoms with Gasteiger partial charge in [0.25, 0.3) is 0 Å². The molecule has 0 aliphatic heterocycles. The monoisotopic (exact) mass is 190 g/mol. The first kappa shape index (κ1) is 8.97. The zero-order valence-corrected chi connectivity index (χ0v) is 7.78. The van der Waals surface area contributed by atoms with Gasteiger partial charge in [-0.2, -0.15) is 0 Å². The number of para-hydroxylation sites is 1. The molecule has 3 nitrogen and oxygen atoms in total. The van der Waals surface area contributed by atoms with Crippen LogP contribution in [0.2, 0.25) is 0 Å². The Morgan fingerprint density at radius 3 is 2.93 bits per heavy atom. The van der Waals surface area contributed by atoms with E-state index in [0.29, 0.717) is 22.3 Å². The Morgan fingerprint density at radius 2 is 2.21 bits per heavy atom. The number of hydrogen-bond acceptors (Lipinski definition) is 3. The molecule has 0 aliphatic rings. The molecule has 0 radical (unpaired) electrons. The molecule has 0 saturated carbocycles. The number of hydrogen-bond donors (Lipinski definition) is 1. The Labute approximate surface area is 80.6 Å². The first-order chi connectivity index (χ1) is 6.72. The molecule has 0 saturated heterocycles. The summed E-state index contributed by atoms with van der Waals surface area (Å²) >= 11 is 0. The molecule has 3 heteroatoms. The fourth-order valence-corrected chi connectivity index (χ4v) is 1.48. The number of benzene rings is 1. The van der Waals surface area contributed by atoms with Crippen molar-refractivity contribution in [2.24, 2.45) is 0 Å². The van der Waals surface area contributed by atoms with E-state index in [1.165, 1.54) is 6.07 Å². The molecule has 2 rings (SSSR count). The predicted octanol–water partition coefficient (Wildman–Crippen LogP) is 1.59. The van der Waals surface area contributed by atoms with Crippen LogP contribution in [-0.4, -0.2) is 5.11 Å². The second-order valence-electron chi connectivity index (χ2n) is 3.17. The lowest BCUT2D eigenvalue weighted by atomic mass is 10.1. The van der Waals surface area contributed by atoms with Gasteiger partial charge in [0.1, 0.15) is 11.3 Å². The van der Waals surface area contributed by atoms with Crippen LogP contribution in [0, 0.1) is 6.92 Å². The third kappa shape index (κ3) is 1.32. The molecule has 0 unspecified atom stereocenters. The van der Waals surface area contributed by atoms with Gasteiger partial charge in [0.05, 0.1) is 12.0 Å². The molecule has 1 heterocycles. The number of aliphatic hydroxyl groups excluding tert-OH is 1. The van der Waals surface area contributed by atoms with Gasteiger partial charge in [0, 0.05) is 11.6 Å². The van der Waals surface area contributed by atoms with Crippen LogP contribution in [0.5, 0.6) is 0 Å². The second-order valence-corrected chi connectivity index (χ2v) is 3.17. The van der Waals surface area contributed by atoms with E-state index in [4.69, 9.17) is 9.52 Å². The summed E-state index contributed by atoms with van der Waals surface area (Å²) in [6.07, 6.45) is 0. The van der Waals surface area contributed by atoms with Gasteiger partial charge in [-0.25, -0.2) is 0 Å². The molecule has 14 heavy (non-hydrogen) atoms. The summed E-state index contributed by atoms with van der Waals surface area (Å²) in [5.74, 6) is 0.559. The summed E-state index contributed by atoms with van der Waals surface area (Å²) in [4.78, 5) is 11.5. The average Bonchev–Trinajstić information content (AvgIpc) is 2.17. The van der Waals surface area contributed by atoms with Gasteiger partial charge in [-0.3, -0.25) is 4.79 Å². The molecule has 1 aromatic heterocycles. The molecular weight excluding hydrogens is 180 g/mol. The summed E-state index contributed by atoms with van der Waals surface area (Å²) in [6, 6.07) is 6.62. The quantitative estimate of drug-likeness (QED) is 0.742. The third-order valence-electron chi connectivity index (χ3n) is 2.13. The molecule has 0 atom stereocenters. The van der Waals surface area contributed by atoms with Gasteiger partial charge in [-0.05, 0) is 13.0 Å². The molecular formula is C11H10O3. The van der Waals surface area contributed by atoms with Crippen molar-refractivity contribution in [3.05, 3.63) is 45.8 Å². The van der Waals surface area contributed by atoms with E-state index >= 15 is 0 Å². The highest BCUT2D eigenvalue weighted by Gasteiger charge is 2.05. The van der Waals surface area contributed by atoms with E-state index in [1.807, 2.05) is 0 Å². The van der Waals surface area contributed by atoms with Crippen molar-refractivity contribution in [2.75, 3.05) is 0 Å². The van der Waals surface area contributed by atoms with Crippen molar-refractivity contribution in [3.8, 4) is 0 Å². The van der Waals surface area contributed by atoms with Crippen molar-refractivity contribution in [2.45, 2.75) is 13.5 Å². The number of aryl methyl sites for hydroxylation is 1. The van der Waals surface area contributed by atoms with Gasteiger partial charge in [-0.1, -0.05) is 12.1 Å². The minimum Gasteiger partial charge on any atom is -0.461 e. The molecule has 1 aromatic carbocycles. The lowest BCUT2D eigenvalue weighted by Crippen LogP contribution is -2.01. The maximum Gasteiger partial charge on any atom is 0.192 e. The molecule has 0 bridgehead atoms. The first-order valence-electron chi connectivity index (χ1n) is 4.35. The van der Waals surface area contributed by atoms with Crippen LogP contribution in [0.1, 0.15) is 11.3 Å². The van der Waals surface area contributed by atoms with E-state index in [-0.39, 0.29) is 12.0 Å². The lowest BCUT2D eigenvalue weighted by Gasteiger charge is -2.02. The van der Waals surface area contributed by atoms with Crippen LogP contribution in [-0.2, 0) is 6.61 Å². The molecule has 2 aromatic rings. The van der Waals surface area contributed by atoms with Crippen molar-refractivity contribution in [1.82, 2.24) is 0 Å². The molecule has 0 amide bonds. The fourth-order valence-electron chi connectivity index (χ4n) is 1.48. The zero-order chi connectivity index (χ0) is 10.1. The van der Waals surface area contributed by atoms with Crippen LogP contribution in [0.4, 0.5) is 0 Å². The molecule has 0 fully saturated rings. The van der Waals surface area contributed by atoms with Crippen molar-refractivity contribution in [1.29, 1.82) is 0 Å². The van der Waals surface area contributed by atoms with E-state index in [0.717, 1.165) is 0 Å². The highest BCUT2D eigenvalue weighted by atomic mass is 16.3. The molecule has 0 spiro atoms. The van der Waals surface area contributed by atoms with Crippen molar-refractivity contribution < 1.29 is 9.52 Å². The summed E-state index contributed by atoms with van der Waals surface area (Å²) in [5.41, 5.74) is 1.06. The van der Waals surface area contributed by atoms with E-state index in [9.17, 15) is 4.79 Å². The normalized spacial score (nSPS) is 10.7. The maximum absolute atomic E-state index is 11.5. The second kappa shape index (κ2) is 3.27. The van der Waals surface area contributed by atoms with Gasteiger partial charge >= 0.3 is 0 Å². The first-order valence-corrected chi connectivity index (χ1v) is 4.35. The smallest absolute Gasteiger partial charge is 0.192 e. The van der Waals surface area contributed by atoms with Crippen LogP contribution in [0.15, 0.2) is 33.5 Å². The third-order valence-corrected chi connectivity index (χ3v) is 2.13. The maximum atomic E-state index is 11.5. The SMILES string of the molecule is Cc1cc(=O)c2cccc(CO)c2o1. The van der Waals surface area contributed by atoms with Crippen LogP contribution >= 0.6 is 0 Å². The highest BCUT2D eigenvalue weighted by Crippen LogP contribution is 2.16.